The molecule has 18 heavy (non-hydrogen) atoms. The molecule has 0 atom stereocenters. The molecule has 0 fully saturated rings. The maximum atomic E-state index is 8.70. The Morgan fingerprint density at radius 3 is 2.72 bits per heavy atom. The van der Waals surface area contributed by atoms with Gasteiger partial charge in [-0.05, 0) is 18.1 Å². The minimum absolute atomic E-state index is 0.535. The summed E-state index contributed by atoms with van der Waals surface area (Å²) >= 11 is 0. The molecule has 0 unspecified atom stereocenters. The van der Waals surface area contributed by atoms with Crippen molar-refractivity contribution in [1.29, 1.82) is 5.26 Å². The fourth-order valence-electron chi connectivity index (χ4n) is 2.39. The number of hydrogen-bond acceptors (Lipinski definition) is 3. The van der Waals surface area contributed by atoms with Crippen molar-refractivity contribution in [2.24, 2.45) is 7.05 Å². The quantitative estimate of drug-likeness (QED) is 0.812. The van der Waals surface area contributed by atoms with E-state index in [0.717, 1.165) is 28.8 Å². The molecule has 1 aromatic heterocycles. The molecule has 1 aliphatic rings. The zero-order valence-electron chi connectivity index (χ0n) is 10.3. The molecule has 4 nitrogen and oxygen atoms in total. The summed E-state index contributed by atoms with van der Waals surface area (Å²) in [6.45, 7) is 1.20. The number of aromatic nitrogens is 1. The van der Waals surface area contributed by atoms with E-state index in [-0.39, 0.29) is 0 Å². The monoisotopic (exact) mass is 242 g/mol. The van der Waals surface area contributed by atoms with Crippen molar-refractivity contribution in [1.82, 2.24) is 4.57 Å². The van der Waals surface area contributed by atoms with Crippen molar-refractivity contribution in [2.45, 2.75) is 12.8 Å². The lowest BCUT2D eigenvalue weighted by molar-refractivity contribution is 0.172. The fraction of sp³-hybridized carbons (Fsp3) is 0.357. The van der Waals surface area contributed by atoms with Crippen molar-refractivity contribution in [2.75, 3.05) is 13.2 Å². The summed E-state index contributed by atoms with van der Waals surface area (Å²) in [5, 5.41) is 9.85. The normalized spacial score (nSPS) is 13.6. The van der Waals surface area contributed by atoms with Crippen LogP contribution in [0.4, 0.5) is 0 Å². The van der Waals surface area contributed by atoms with Gasteiger partial charge in [0.1, 0.15) is 13.2 Å². The summed E-state index contributed by atoms with van der Waals surface area (Å²) in [6.07, 6.45) is 3.38. The van der Waals surface area contributed by atoms with Crippen LogP contribution in [0, 0.1) is 11.3 Å². The first-order chi connectivity index (χ1) is 8.79. The minimum Gasteiger partial charge on any atom is -0.486 e. The minimum atomic E-state index is 0.535. The predicted molar refractivity (Wildman–Crippen MR) is 67.8 cm³/mol. The first-order valence-electron chi connectivity index (χ1n) is 6.04. The van der Waals surface area contributed by atoms with Gasteiger partial charge < -0.3 is 14.0 Å². The number of nitriles is 1. The van der Waals surface area contributed by atoms with Gasteiger partial charge in [0.15, 0.2) is 11.5 Å². The van der Waals surface area contributed by atoms with Gasteiger partial charge in [-0.3, -0.25) is 0 Å². The highest BCUT2D eigenvalue weighted by Crippen LogP contribution is 2.36. The van der Waals surface area contributed by atoms with Crippen LogP contribution >= 0.6 is 0 Å². The van der Waals surface area contributed by atoms with Crippen LogP contribution in [0.25, 0.3) is 10.9 Å². The molecule has 1 aromatic carbocycles. The summed E-state index contributed by atoms with van der Waals surface area (Å²) in [5.41, 5.74) is 2.30. The Bertz CT molecular complexity index is 637. The van der Waals surface area contributed by atoms with Gasteiger partial charge in [-0.2, -0.15) is 5.26 Å². The Hall–Kier alpha value is -2.15. The van der Waals surface area contributed by atoms with E-state index >= 15 is 0 Å². The van der Waals surface area contributed by atoms with Crippen LogP contribution in [0.15, 0.2) is 18.3 Å². The number of rotatable bonds is 2. The molecule has 0 spiro atoms. The summed E-state index contributed by atoms with van der Waals surface area (Å²) in [5.74, 6) is 1.61. The van der Waals surface area contributed by atoms with E-state index in [2.05, 4.69) is 16.8 Å². The molecule has 3 rings (SSSR count). The van der Waals surface area contributed by atoms with E-state index in [4.69, 9.17) is 14.7 Å². The van der Waals surface area contributed by atoms with Crippen molar-refractivity contribution in [3.05, 3.63) is 23.9 Å². The van der Waals surface area contributed by atoms with Crippen LogP contribution in [0.2, 0.25) is 0 Å². The second kappa shape index (κ2) is 4.26. The van der Waals surface area contributed by atoms with Crippen molar-refractivity contribution >= 4 is 10.9 Å². The maximum absolute atomic E-state index is 8.70. The molecule has 2 heterocycles. The highest BCUT2D eigenvalue weighted by molar-refractivity contribution is 5.87. The Morgan fingerprint density at radius 1 is 1.28 bits per heavy atom. The largest absolute Gasteiger partial charge is 0.486 e. The maximum Gasteiger partial charge on any atom is 0.163 e. The number of benzene rings is 1. The Labute approximate surface area is 105 Å². The third kappa shape index (κ3) is 1.68. The van der Waals surface area contributed by atoms with Crippen LogP contribution in [-0.4, -0.2) is 17.8 Å². The third-order valence-corrected chi connectivity index (χ3v) is 3.24. The SMILES string of the molecule is Cn1cc(CCC#N)c2cc3c(cc21)OCCO3. The number of nitrogens with zero attached hydrogens (tertiary/aromatic N) is 2. The molecule has 4 heteroatoms. The van der Waals surface area contributed by atoms with Gasteiger partial charge in [0.05, 0.1) is 11.6 Å². The number of aryl methyl sites for hydroxylation is 2. The smallest absolute Gasteiger partial charge is 0.163 e. The average molecular weight is 242 g/mol. The Kier molecular flexibility index (Phi) is 2.60. The van der Waals surface area contributed by atoms with Crippen molar-refractivity contribution in [3.8, 4) is 17.6 Å². The summed E-state index contributed by atoms with van der Waals surface area (Å²) in [7, 11) is 2.01. The Balaban J connectivity index is 2.13. The van der Waals surface area contributed by atoms with Crippen LogP contribution in [0.1, 0.15) is 12.0 Å². The molecule has 0 saturated heterocycles. The molecule has 92 valence electrons. The van der Waals surface area contributed by atoms with Crippen LogP contribution < -0.4 is 9.47 Å². The van der Waals surface area contributed by atoms with E-state index in [1.807, 2.05) is 19.2 Å². The van der Waals surface area contributed by atoms with Crippen LogP contribution in [0.5, 0.6) is 11.5 Å². The standard InChI is InChI=1S/C14H14N2O2/c1-16-9-10(3-2-4-15)11-7-13-14(8-12(11)16)18-6-5-17-13/h7-9H,2-3,5-6H2,1H3. The lowest BCUT2D eigenvalue weighted by Crippen LogP contribution is -2.15. The van der Waals surface area contributed by atoms with E-state index in [1.165, 1.54) is 5.56 Å². The fourth-order valence-corrected chi connectivity index (χ4v) is 2.39. The molecule has 0 N–H and O–H groups in total. The van der Waals surface area contributed by atoms with E-state index in [9.17, 15) is 0 Å². The number of ether oxygens (including phenoxy) is 2. The van der Waals surface area contributed by atoms with E-state index in [1.54, 1.807) is 0 Å². The number of hydrogen-bond donors (Lipinski definition) is 0. The molecule has 0 bridgehead atoms. The molecular weight excluding hydrogens is 228 g/mol. The van der Waals surface area contributed by atoms with Gasteiger partial charge in [0.25, 0.3) is 0 Å². The third-order valence-electron chi connectivity index (χ3n) is 3.24. The van der Waals surface area contributed by atoms with E-state index in [0.29, 0.717) is 19.6 Å². The van der Waals surface area contributed by atoms with Crippen LogP contribution in [0.3, 0.4) is 0 Å². The highest BCUT2D eigenvalue weighted by atomic mass is 16.6. The Morgan fingerprint density at radius 2 is 2.00 bits per heavy atom. The van der Waals surface area contributed by atoms with Gasteiger partial charge in [-0.1, -0.05) is 0 Å². The summed E-state index contributed by atoms with van der Waals surface area (Å²) < 4.78 is 13.3. The number of fused-ring (bicyclic) bond motifs is 2. The lowest BCUT2D eigenvalue weighted by atomic mass is 10.1. The van der Waals surface area contributed by atoms with Gasteiger partial charge in [-0.15, -0.1) is 0 Å². The summed E-state index contributed by atoms with van der Waals surface area (Å²) in [4.78, 5) is 0. The van der Waals surface area contributed by atoms with Gasteiger partial charge >= 0.3 is 0 Å². The first-order valence-corrected chi connectivity index (χ1v) is 6.04. The van der Waals surface area contributed by atoms with E-state index < -0.39 is 0 Å². The van der Waals surface area contributed by atoms with Gasteiger partial charge in [0, 0.05) is 31.1 Å². The lowest BCUT2D eigenvalue weighted by Gasteiger charge is -2.18. The van der Waals surface area contributed by atoms with Crippen LogP contribution in [-0.2, 0) is 13.5 Å². The predicted octanol–water partition coefficient (Wildman–Crippen LogP) is 2.41. The first kappa shape index (κ1) is 11.0. The second-order valence-electron chi connectivity index (χ2n) is 4.44. The van der Waals surface area contributed by atoms with Crippen molar-refractivity contribution < 1.29 is 9.47 Å². The second-order valence-corrected chi connectivity index (χ2v) is 4.44. The molecule has 0 radical (unpaired) electrons. The highest BCUT2D eigenvalue weighted by Gasteiger charge is 2.16. The molecular formula is C14H14N2O2. The van der Waals surface area contributed by atoms with Gasteiger partial charge in [-0.25, -0.2) is 0 Å². The summed E-state index contributed by atoms with van der Waals surface area (Å²) in [6, 6.07) is 6.23. The van der Waals surface area contributed by atoms with Gasteiger partial charge in [0.2, 0.25) is 0 Å². The zero-order chi connectivity index (χ0) is 12.5. The molecule has 1 aliphatic heterocycles. The van der Waals surface area contributed by atoms with Crippen molar-refractivity contribution in [3.63, 3.8) is 0 Å². The molecule has 0 aliphatic carbocycles. The topological polar surface area (TPSA) is 47.2 Å². The molecule has 2 aromatic rings. The molecule has 0 saturated carbocycles. The zero-order valence-corrected chi connectivity index (χ0v) is 10.3. The average Bonchev–Trinajstić information content (AvgIpc) is 2.70. The molecule has 0 amide bonds.